The summed E-state index contributed by atoms with van der Waals surface area (Å²) >= 11 is 0. The van der Waals surface area contributed by atoms with Gasteiger partial charge in [-0.2, -0.15) is 8.42 Å². The number of halogens is 1. The van der Waals surface area contributed by atoms with E-state index in [0.29, 0.717) is 44.7 Å². The summed E-state index contributed by atoms with van der Waals surface area (Å²) in [5.41, 5.74) is 3.32. The molecule has 4 heterocycles. The number of hydrogen-bond donors (Lipinski definition) is 3. The van der Waals surface area contributed by atoms with Crippen LogP contribution in [0, 0.1) is 42.4 Å². The van der Waals surface area contributed by atoms with Crippen LogP contribution >= 0.6 is 12.4 Å². The van der Waals surface area contributed by atoms with Crippen molar-refractivity contribution in [3.63, 3.8) is 0 Å². The fourth-order valence-corrected chi connectivity index (χ4v) is 12.3. The number of fused-ring (bicyclic) bond motifs is 5. The third kappa shape index (κ3) is 9.01. The van der Waals surface area contributed by atoms with Crippen LogP contribution < -0.4 is 5.32 Å². The van der Waals surface area contributed by atoms with Crippen LogP contribution in [0.15, 0.2) is 89.8 Å². The second-order valence-corrected chi connectivity index (χ2v) is 18.8. The molecule has 0 aromatic heterocycles. The molecule has 0 radical (unpaired) electrons. The third-order valence-corrected chi connectivity index (χ3v) is 15.3. The van der Waals surface area contributed by atoms with Crippen molar-refractivity contribution in [1.82, 2.24) is 15.1 Å². The van der Waals surface area contributed by atoms with Gasteiger partial charge in [0.05, 0.1) is 36.9 Å². The summed E-state index contributed by atoms with van der Waals surface area (Å²) < 4.78 is 36.7. The molecule has 7 fully saturated rings. The fraction of sp³-hybridized carbons (Fsp3) is 0.578. The number of amides is 1. The molecule has 0 bridgehead atoms. The number of carbonyl (C=O) groups excluding carboxylic acids is 1. The Hall–Kier alpha value is -2.87. The van der Waals surface area contributed by atoms with Crippen LogP contribution in [0.1, 0.15) is 74.3 Å². The average Bonchev–Trinajstić information content (AvgIpc) is 4.06. The SMILES string of the molecule is Cc1ccc(S(=O)(=O)OC2CC3C(=O)N4C(c5ccccc5)OCC4[C@H]3C2)cc1.Cl.OC[C@@H]1[C@H]2CCCC2CN1Cc1ccccc1.OC[C@H]1NCC2CCC[C@@H]21. The number of rotatable bonds is 8. The van der Waals surface area contributed by atoms with Gasteiger partial charge >= 0.3 is 0 Å². The van der Waals surface area contributed by atoms with Crippen LogP contribution in [0.4, 0.5) is 0 Å². The maximum Gasteiger partial charge on any atom is 0.297 e. The minimum absolute atomic E-state index is 0. The normalized spacial score (nSPS) is 33.7. The lowest BCUT2D eigenvalue weighted by atomic mass is 9.94. The first kappa shape index (κ1) is 42.3. The zero-order chi connectivity index (χ0) is 38.8. The molecule has 6 unspecified atom stereocenters. The van der Waals surface area contributed by atoms with Gasteiger partial charge in [-0.1, -0.05) is 91.2 Å². The van der Waals surface area contributed by atoms with E-state index in [2.05, 4.69) is 40.5 Å². The topological polar surface area (TPSA) is 129 Å². The van der Waals surface area contributed by atoms with Crippen molar-refractivity contribution in [3.05, 3.63) is 102 Å². The Bertz CT molecular complexity index is 1870. The smallest absolute Gasteiger partial charge is 0.297 e. The van der Waals surface area contributed by atoms with Gasteiger partial charge in [0, 0.05) is 36.7 Å². The highest BCUT2D eigenvalue weighted by atomic mass is 35.5. The Kier molecular flexibility index (Phi) is 13.8. The lowest BCUT2D eigenvalue weighted by Crippen LogP contribution is -2.35. The Morgan fingerprint density at radius 2 is 1.51 bits per heavy atom. The second kappa shape index (κ2) is 18.6. The van der Waals surface area contributed by atoms with Gasteiger partial charge in [0.1, 0.15) is 0 Å². The predicted octanol–water partition coefficient (Wildman–Crippen LogP) is 6.10. The second-order valence-electron chi connectivity index (χ2n) is 17.2. The van der Waals surface area contributed by atoms with E-state index >= 15 is 0 Å². The largest absolute Gasteiger partial charge is 0.395 e. The maximum atomic E-state index is 13.1. The van der Waals surface area contributed by atoms with Crippen molar-refractivity contribution < 1.29 is 32.3 Å². The third-order valence-electron chi connectivity index (χ3n) is 14.0. The molecular weight excluding hydrogens is 762 g/mol. The Morgan fingerprint density at radius 3 is 2.21 bits per heavy atom. The molecule has 3 aromatic carbocycles. The summed E-state index contributed by atoms with van der Waals surface area (Å²) in [6, 6.07) is 27.8. The lowest BCUT2D eigenvalue weighted by molar-refractivity contribution is -0.137. The van der Waals surface area contributed by atoms with Gasteiger partial charge in [0.15, 0.2) is 6.23 Å². The quantitative estimate of drug-likeness (QED) is 0.231. The number of nitrogens with zero attached hydrogens (tertiary/aromatic N) is 2. The number of aliphatic hydroxyl groups excluding tert-OH is 2. The Morgan fingerprint density at radius 1 is 0.825 bits per heavy atom. The summed E-state index contributed by atoms with van der Waals surface area (Å²) in [4.78, 5) is 17.6. The summed E-state index contributed by atoms with van der Waals surface area (Å²) in [6.45, 7) is 6.37. The number of carbonyl (C=O) groups is 1. The van der Waals surface area contributed by atoms with Gasteiger partial charge in [0.2, 0.25) is 5.91 Å². The summed E-state index contributed by atoms with van der Waals surface area (Å²) in [6.07, 6.45) is 8.31. The van der Waals surface area contributed by atoms with Gasteiger partial charge in [-0.05, 0) is 99.3 Å². The average molecular weight is 823 g/mol. The van der Waals surface area contributed by atoms with Crippen LogP contribution in [0.3, 0.4) is 0 Å². The molecule has 7 aliphatic rings. The first-order chi connectivity index (χ1) is 27.2. The minimum Gasteiger partial charge on any atom is -0.395 e. The minimum atomic E-state index is -3.84. The van der Waals surface area contributed by atoms with E-state index in [4.69, 9.17) is 14.0 Å². The molecule has 1 amide bonds. The van der Waals surface area contributed by atoms with Crippen LogP contribution in [-0.4, -0.2) is 91.5 Å². The van der Waals surface area contributed by atoms with E-state index < -0.39 is 16.2 Å². The van der Waals surface area contributed by atoms with Crippen LogP contribution in [0.5, 0.6) is 0 Å². The zero-order valence-electron chi connectivity index (χ0n) is 33.0. The molecule has 4 saturated heterocycles. The van der Waals surface area contributed by atoms with Gasteiger partial charge in [0.25, 0.3) is 10.1 Å². The number of hydrogen-bond acceptors (Lipinski definition) is 9. The van der Waals surface area contributed by atoms with E-state index in [1.807, 2.05) is 42.2 Å². The van der Waals surface area contributed by atoms with Gasteiger partial charge in [-0.15, -0.1) is 12.4 Å². The number of aliphatic hydroxyl groups is 2. The number of ether oxygens (including phenoxy) is 1. The van der Waals surface area contributed by atoms with Crippen molar-refractivity contribution in [2.45, 2.75) is 100 Å². The number of likely N-dealkylation sites (tertiary alicyclic amines) is 1. The Labute approximate surface area is 344 Å². The molecule has 12 heteroatoms. The molecule has 57 heavy (non-hydrogen) atoms. The highest BCUT2D eigenvalue weighted by Crippen LogP contribution is 2.51. The highest BCUT2D eigenvalue weighted by molar-refractivity contribution is 7.86. The van der Waals surface area contributed by atoms with Gasteiger partial charge < -0.3 is 25.2 Å². The maximum absolute atomic E-state index is 13.1. The van der Waals surface area contributed by atoms with E-state index in [1.54, 1.807) is 24.3 Å². The first-order valence-electron chi connectivity index (χ1n) is 21.0. The van der Waals surface area contributed by atoms with Crippen molar-refractivity contribution in [1.29, 1.82) is 0 Å². The number of aryl methyl sites for hydroxylation is 1. The van der Waals surface area contributed by atoms with Crippen molar-refractivity contribution in [2.75, 3.05) is 32.9 Å². The van der Waals surface area contributed by atoms with Crippen LogP contribution in [0.25, 0.3) is 0 Å². The molecule has 11 atom stereocenters. The molecule has 3 saturated carbocycles. The molecule has 4 aliphatic heterocycles. The van der Waals surface area contributed by atoms with E-state index in [1.165, 1.54) is 50.6 Å². The number of nitrogens with one attached hydrogen (secondary N) is 1. The molecule has 0 spiro atoms. The standard InChI is InChI=1S/C22H23NO5S.C15H21NO.C8H15NO.ClH/c1-14-7-9-17(10-8-14)29(25,26)28-16-11-18-19(12-16)21(24)23-20(18)13-27-22(23)15-5-3-2-4-6-15;17-11-15-14-8-4-7-13(14)10-16(15)9-12-5-2-1-3-6-12;10-5-8-7-3-1-2-6(7)4-9-8;/h2-10,16,18-20,22H,11-13H2,1H3;1-3,5-6,13-15,17H,4,7-11H2;6-10H,1-5H2;1H/t16?,18-,19?,20?,22?;13?,14-,15+;6?,7-,8+;/m000./s1. The van der Waals surface area contributed by atoms with Gasteiger partial charge in [-0.25, -0.2) is 0 Å². The van der Waals surface area contributed by atoms with E-state index in [9.17, 15) is 18.3 Å². The van der Waals surface area contributed by atoms with Crippen LogP contribution in [-0.2, 0) is 30.4 Å². The predicted molar refractivity (Wildman–Crippen MR) is 221 cm³/mol. The fourth-order valence-electron chi connectivity index (χ4n) is 11.2. The molecule has 3 aliphatic carbocycles. The van der Waals surface area contributed by atoms with Crippen molar-refractivity contribution in [3.8, 4) is 0 Å². The Balaban J connectivity index is 0.000000149. The van der Waals surface area contributed by atoms with E-state index in [0.717, 1.165) is 47.9 Å². The molecule has 3 aromatic rings. The molecular formula is C45H60ClN3O7S. The molecule has 3 N–H and O–H groups in total. The lowest BCUT2D eigenvalue weighted by Gasteiger charge is -2.26. The zero-order valence-corrected chi connectivity index (χ0v) is 34.6. The van der Waals surface area contributed by atoms with Crippen LogP contribution in [0.2, 0.25) is 0 Å². The molecule has 10 rings (SSSR count). The van der Waals surface area contributed by atoms with E-state index in [-0.39, 0.29) is 47.3 Å². The number of benzene rings is 3. The molecule has 310 valence electrons. The molecule has 10 nitrogen and oxygen atoms in total. The highest BCUT2D eigenvalue weighted by Gasteiger charge is 2.58. The monoisotopic (exact) mass is 821 g/mol. The van der Waals surface area contributed by atoms with Crippen molar-refractivity contribution >= 4 is 28.4 Å². The van der Waals surface area contributed by atoms with Crippen molar-refractivity contribution in [2.24, 2.45) is 35.5 Å². The summed E-state index contributed by atoms with van der Waals surface area (Å²) in [7, 11) is -3.84. The van der Waals surface area contributed by atoms with Gasteiger partial charge in [-0.3, -0.25) is 13.9 Å². The summed E-state index contributed by atoms with van der Waals surface area (Å²) in [5, 5.41) is 21.9. The first-order valence-corrected chi connectivity index (χ1v) is 22.4. The summed E-state index contributed by atoms with van der Waals surface area (Å²) in [5.74, 6) is 3.19.